The maximum Gasteiger partial charge on any atom is 0.185 e. The van der Waals surface area contributed by atoms with Gasteiger partial charge >= 0.3 is 0 Å². The third kappa shape index (κ3) is 4.34. The minimum atomic E-state index is 0.469. The maximum absolute atomic E-state index is 9.50. The summed E-state index contributed by atoms with van der Waals surface area (Å²) in [6, 6.07) is 9.59. The molecule has 0 spiro atoms. The van der Waals surface area contributed by atoms with Crippen molar-refractivity contribution in [1.29, 1.82) is 5.26 Å². The Balaban J connectivity index is 1.53. The maximum atomic E-state index is 9.50. The second-order valence-corrected chi connectivity index (χ2v) is 7.78. The fourth-order valence-electron chi connectivity index (χ4n) is 3.02. The molecule has 0 radical (unpaired) electrons. The average molecular weight is 415 g/mol. The number of anilines is 3. The molecule has 28 heavy (non-hydrogen) atoms. The number of halogens is 1. The largest absolute Gasteiger partial charge is 0.379 e. The Kier molecular flexibility index (Phi) is 5.88. The topological polar surface area (TPSA) is 86.1 Å². The number of nitrogens with one attached hydrogen (secondary N) is 2. The molecule has 1 aliphatic rings. The summed E-state index contributed by atoms with van der Waals surface area (Å²) in [5.74, 6) is 0. The van der Waals surface area contributed by atoms with Crippen molar-refractivity contribution in [2.75, 3.05) is 50.0 Å². The number of nitriles is 1. The molecule has 0 atom stereocenters. The van der Waals surface area contributed by atoms with E-state index >= 15 is 0 Å². The number of thiazole rings is 1. The van der Waals surface area contributed by atoms with E-state index in [1.54, 1.807) is 6.20 Å². The number of nitrogens with zero attached hydrogens (tertiary/aromatic N) is 4. The van der Waals surface area contributed by atoms with Gasteiger partial charge in [0.15, 0.2) is 10.8 Å². The average Bonchev–Trinajstić information content (AvgIpc) is 3.12. The van der Waals surface area contributed by atoms with Gasteiger partial charge in [0.1, 0.15) is 10.8 Å². The number of hydrogen-bond acceptors (Lipinski definition) is 8. The molecule has 1 saturated heterocycles. The number of hydrogen-bond donors (Lipinski definition) is 2. The van der Waals surface area contributed by atoms with Crippen LogP contribution in [0.25, 0.3) is 10.3 Å². The first-order valence-electron chi connectivity index (χ1n) is 8.99. The van der Waals surface area contributed by atoms with Crippen LogP contribution in [0.2, 0.25) is 5.02 Å². The fraction of sp³-hybridized carbons (Fsp3) is 0.316. The third-order valence-electron chi connectivity index (χ3n) is 4.44. The molecule has 2 N–H and O–H groups in total. The van der Waals surface area contributed by atoms with E-state index in [0.29, 0.717) is 21.9 Å². The molecule has 144 valence electrons. The van der Waals surface area contributed by atoms with Crippen LogP contribution in [0.3, 0.4) is 0 Å². The monoisotopic (exact) mass is 414 g/mol. The number of morpholine rings is 1. The van der Waals surface area contributed by atoms with Crippen molar-refractivity contribution in [3.05, 3.63) is 41.0 Å². The quantitative estimate of drug-likeness (QED) is 0.635. The predicted octanol–water partition coefficient (Wildman–Crippen LogP) is 3.70. The Hall–Kier alpha value is -2.44. The zero-order valence-corrected chi connectivity index (χ0v) is 16.7. The minimum Gasteiger partial charge on any atom is -0.379 e. The second-order valence-electron chi connectivity index (χ2n) is 6.35. The summed E-state index contributed by atoms with van der Waals surface area (Å²) < 4.78 is 6.21. The van der Waals surface area contributed by atoms with Crippen LogP contribution in [0, 0.1) is 11.3 Å². The van der Waals surface area contributed by atoms with Crippen molar-refractivity contribution in [3.8, 4) is 6.07 Å². The van der Waals surface area contributed by atoms with Crippen LogP contribution in [0.4, 0.5) is 16.5 Å². The highest BCUT2D eigenvalue weighted by Crippen LogP contribution is 2.35. The van der Waals surface area contributed by atoms with Crippen molar-refractivity contribution in [2.45, 2.75) is 0 Å². The van der Waals surface area contributed by atoms with Crippen LogP contribution in [0.1, 0.15) is 5.56 Å². The SMILES string of the molecule is N#Cc1cnc2nc(NCCN3CCOCC3)sc2c1Nc1cccc(Cl)c1. The zero-order chi connectivity index (χ0) is 19.3. The van der Waals surface area contributed by atoms with Gasteiger partial charge in [0.25, 0.3) is 0 Å². The molecule has 0 aliphatic carbocycles. The Morgan fingerprint density at radius 1 is 1.32 bits per heavy atom. The Morgan fingerprint density at radius 2 is 2.18 bits per heavy atom. The summed E-state index contributed by atoms with van der Waals surface area (Å²) in [6.45, 7) is 5.23. The summed E-state index contributed by atoms with van der Waals surface area (Å²) in [5.41, 5.74) is 2.60. The van der Waals surface area contributed by atoms with E-state index in [2.05, 4.69) is 31.6 Å². The van der Waals surface area contributed by atoms with E-state index in [1.807, 2.05) is 24.3 Å². The minimum absolute atomic E-state index is 0.469. The first kappa shape index (κ1) is 18.9. The number of rotatable bonds is 6. The van der Waals surface area contributed by atoms with Crippen LogP contribution in [-0.4, -0.2) is 54.3 Å². The first-order valence-corrected chi connectivity index (χ1v) is 10.2. The molecule has 1 fully saturated rings. The van der Waals surface area contributed by atoms with Crippen LogP contribution in [0.15, 0.2) is 30.5 Å². The van der Waals surface area contributed by atoms with Gasteiger partial charge in [-0.15, -0.1) is 0 Å². The number of fused-ring (bicyclic) bond motifs is 1. The smallest absolute Gasteiger partial charge is 0.185 e. The van der Waals surface area contributed by atoms with E-state index in [1.165, 1.54) is 11.3 Å². The van der Waals surface area contributed by atoms with Crippen molar-refractivity contribution < 1.29 is 4.74 Å². The highest BCUT2D eigenvalue weighted by atomic mass is 35.5. The van der Waals surface area contributed by atoms with Gasteiger partial charge in [-0.1, -0.05) is 29.0 Å². The molecule has 1 aliphatic heterocycles. The van der Waals surface area contributed by atoms with Crippen LogP contribution in [0.5, 0.6) is 0 Å². The van der Waals surface area contributed by atoms with Gasteiger partial charge in [-0.3, -0.25) is 4.90 Å². The molecule has 0 bridgehead atoms. The summed E-state index contributed by atoms with van der Waals surface area (Å²) in [6.07, 6.45) is 1.55. The Morgan fingerprint density at radius 3 is 2.96 bits per heavy atom. The first-order chi connectivity index (χ1) is 13.7. The van der Waals surface area contributed by atoms with Crippen LogP contribution < -0.4 is 10.6 Å². The number of pyridine rings is 1. The molecule has 0 unspecified atom stereocenters. The van der Waals surface area contributed by atoms with Gasteiger partial charge in [-0.2, -0.15) is 5.26 Å². The molecule has 9 heteroatoms. The lowest BCUT2D eigenvalue weighted by Crippen LogP contribution is -2.38. The van der Waals surface area contributed by atoms with Gasteiger partial charge in [-0.25, -0.2) is 9.97 Å². The van der Waals surface area contributed by atoms with E-state index in [9.17, 15) is 5.26 Å². The van der Waals surface area contributed by atoms with E-state index in [-0.39, 0.29) is 0 Å². The van der Waals surface area contributed by atoms with Crippen molar-refractivity contribution in [3.63, 3.8) is 0 Å². The summed E-state index contributed by atoms with van der Waals surface area (Å²) in [7, 11) is 0. The number of benzene rings is 1. The van der Waals surface area contributed by atoms with Crippen molar-refractivity contribution in [1.82, 2.24) is 14.9 Å². The van der Waals surface area contributed by atoms with Crippen molar-refractivity contribution >= 4 is 49.8 Å². The highest BCUT2D eigenvalue weighted by molar-refractivity contribution is 7.22. The fourth-order valence-corrected chi connectivity index (χ4v) is 4.16. The summed E-state index contributed by atoms with van der Waals surface area (Å²) >= 11 is 7.57. The van der Waals surface area contributed by atoms with Gasteiger partial charge < -0.3 is 15.4 Å². The summed E-state index contributed by atoms with van der Waals surface area (Å²) in [5, 5.41) is 17.6. The molecule has 0 saturated carbocycles. The van der Waals surface area contributed by atoms with Gasteiger partial charge in [0.05, 0.1) is 24.5 Å². The van der Waals surface area contributed by atoms with Gasteiger partial charge in [0.2, 0.25) is 0 Å². The van der Waals surface area contributed by atoms with Crippen LogP contribution in [-0.2, 0) is 4.74 Å². The molecule has 2 aromatic heterocycles. The molecule has 4 rings (SSSR count). The van der Waals surface area contributed by atoms with E-state index in [4.69, 9.17) is 16.3 Å². The predicted molar refractivity (Wildman–Crippen MR) is 113 cm³/mol. The van der Waals surface area contributed by atoms with E-state index < -0.39 is 0 Å². The summed E-state index contributed by atoms with van der Waals surface area (Å²) in [4.78, 5) is 11.3. The van der Waals surface area contributed by atoms with Gasteiger partial charge in [-0.05, 0) is 18.2 Å². The Bertz CT molecular complexity index is 1010. The third-order valence-corrected chi connectivity index (χ3v) is 5.70. The number of ether oxygens (including phenoxy) is 1. The molecule has 3 aromatic rings. The molecule has 7 nitrogen and oxygen atoms in total. The molecule has 1 aromatic carbocycles. The second kappa shape index (κ2) is 8.71. The molecular formula is C19H19ClN6OS. The Labute approximate surface area is 171 Å². The lowest BCUT2D eigenvalue weighted by atomic mass is 10.2. The normalized spacial score (nSPS) is 14.7. The highest BCUT2D eigenvalue weighted by Gasteiger charge is 2.15. The van der Waals surface area contributed by atoms with Gasteiger partial charge in [0, 0.05) is 43.1 Å². The molecule has 0 amide bonds. The van der Waals surface area contributed by atoms with Crippen LogP contribution >= 0.6 is 22.9 Å². The van der Waals surface area contributed by atoms with Crippen molar-refractivity contribution in [2.24, 2.45) is 0 Å². The molecule has 3 heterocycles. The van der Waals surface area contributed by atoms with E-state index in [0.717, 1.165) is 54.9 Å². The lowest BCUT2D eigenvalue weighted by Gasteiger charge is -2.26. The number of aromatic nitrogens is 2. The standard InChI is InChI=1S/C19H19ClN6OS/c20-14-2-1-3-15(10-14)24-16-13(11-21)12-23-18-17(16)28-19(25-18)22-4-5-26-6-8-27-9-7-26/h1-3,10,12H,4-9H2,(H2,22,23,24,25). The lowest BCUT2D eigenvalue weighted by molar-refractivity contribution is 0.0398. The zero-order valence-electron chi connectivity index (χ0n) is 15.1. The molecular weight excluding hydrogens is 396 g/mol.